The molecular formula is C19H17FN4OS. The molecule has 0 radical (unpaired) electrons. The molecule has 3 rings (SSSR count). The second kappa shape index (κ2) is 7.97. The smallest absolute Gasteiger partial charge is 0.275 e. The summed E-state index contributed by atoms with van der Waals surface area (Å²) >= 11 is 1.30. The van der Waals surface area contributed by atoms with Gasteiger partial charge in [0, 0.05) is 22.2 Å². The van der Waals surface area contributed by atoms with Crippen LogP contribution in [0.25, 0.3) is 10.8 Å². The Morgan fingerprint density at radius 1 is 1.35 bits per heavy atom. The van der Waals surface area contributed by atoms with Crippen LogP contribution in [-0.4, -0.2) is 22.5 Å². The van der Waals surface area contributed by atoms with E-state index in [0.29, 0.717) is 10.3 Å². The quantitative estimate of drug-likeness (QED) is 0.654. The summed E-state index contributed by atoms with van der Waals surface area (Å²) in [6.07, 6.45) is 4.67. The summed E-state index contributed by atoms with van der Waals surface area (Å²) in [4.78, 5) is 13.9. The fraction of sp³-hybridized carbons (Fsp3) is 0.105. The summed E-state index contributed by atoms with van der Waals surface area (Å²) in [6, 6.07) is 12.3. The number of allylic oxidation sites excluding steroid dienone is 1. The Bertz CT molecular complexity index is 1030. The fourth-order valence-electron chi connectivity index (χ4n) is 2.39. The Labute approximate surface area is 154 Å². The standard InChI is InChI=1S/C19H17FN4OS/c1-22-8-7-14(21)12-24-19(25)16-10-17(20)18(9-13(16)11-23-24)26-15-5-3-2-4-6-15/h2-11,21-22H,12H2,1H3/b8-7-,21-14?. The van der Waals surface area contributed by atoms with Crippen molar-refractivity contribution >= 4 is 28.2 Å². The zero-order chi connectivity index (χ0) is 18.5. The monoisotopic (exact) mass is 368 g/mol. The van der Waals surface area contributed by atoms with E-state index < -0.39 is 11.4 Å². The number of nitrogens with zero attached hydrogens (tertiary/aromatic N) is 2. The molecule has 1 aromatic heterocycles. The van der Waals surface area contributed by atoms with E-state index in [-0.39, 0.29) is 17.6 Å². The molecule has 0 saturated heterocycles. The van der Waals surface area contributed by atoms with E-state index in [1.54, 1.807) is 25.4 Å². The molecule has 0 atom stereocenters. The summed E-state index contributed by atoms with van der Waals surface area (Å²) < 4.78 is 15.7. The lowest BCUT2D eigenvalue weighted by molar-refractivity contribution is 0.603. The molecule has 7 heteroatoms. The molecule has 0 aliphatic rings. The van der Waals surface area contributed by atoms with Gasteiger partial charge in [-0.3, -0.25) is 4.79 Å². The van der Waals surface area contributed by atoms with Crippen LogP contribution in [0.15, 0.2) is 75.5 Å². The van der Waals surface area contributed by atoms with Gasteiger partial charge in [-0.15, -0.1) is 0 Å². The van der Waals surface area contributed by atoms with E-state index in [2.05, 4.69) is 10.4 Å². The maximum atomic E-state index is 14.5. The van der Waals surface area contributed by atoms with Gasteiger partial charge in [0.25, 0.3) is 5.56 Å². The number of rotatable bonds is 6. The Morgan fingerprint density at radius 3 is 2.85 bits per heavy atom. The number of hydrogen-bond acceptors (Lipinski definition) is 5. The maximum absolute atomic E-state index is 14.5. The van der Waals surface area contributed by atoms with Crippen molar-refractivity contribution in [2.45, 2.75) is 16.3 Å². The Balaban J connectivity index is 1.94. The van der Waals surface area contributed by atoms with E-state index in [0.717, 1.165) is 9.58 Å². The fourth-order valence-corrected chi connectivity index (χ4v) is 3.28. The van der Waals surface area contributed by atoms with Crippen LogP contribution in [0.5, 0.6) is 0 Å². The van der Waals surface area contributed by atoms with Crippen LogP contribution in [-0.2, 0) is 6.54 Å². The first-order valence-electron chi connectivity index (χ1n) is 7.92. The summed E-state index contributed by atoms with van der Waals surface area (Å²) in [5, 5.41) is 15.5. The van der Waals surface area contributed by atoms with Crippen molar-refractivity contribution in [3.8, 4) is 0 Å². The molecule has 2 N–H and O–H groups in total. The molecule has 0 aliphatic heterocycles. The minimum Gasteiger partial charge on any atom is -0.394 e. The number of nitrogens with one attached hydrogen (secondary N) is 2. The molecule has 5 nitrogen and oxygen atoms in total. The van der Waals surface area contributed by atoms with Crippen LogP contribution in [0.1, 0.15) is 0 Å². The third-order valence-corrected chi connectivity index (χ3v) is 4.69. The average molecular weight is 368 g/mol. The number of aromatic nitrogens is 2. The van der Waals surface area contributed by atoms with Crippen molar-refractivity contribution in [3.63, 3.8) is 0 Å². The SMILES string of the molecule is CN/C=C\C(=N)Cn1ncc2cc(Sc3ccccc3)c(F)cc2c1=O. The van der Waals surface area contributed by atoms with Gasteiger partial charge in [-0.25, -0.2) is 9.07 Å². The van der Waals surface area contributed by atoms with Gasteiger partial charge in [0.15, 0.2) is 0 Å². The van der Waals surface area contributed by atoms with Gasteiger partial charge in [0.2, 0.25) is 0 Å². The van der Waals surface area contributed by atoms with Crippen LogP contribution in [0, 0.1) is 11.2 Å². The molecule has 0 spiro atoms. The minimum atomic E-state index is -0.452. The second-order valence-corrected chi connectivity index (χ2v) is 6.65. The van der Waals surface area contributed by atoms with E-state index in [9.17, 15) is 9.18 Å². The summed E-state index contributed by atoms with van der Waals surface area (Å²) in [7, 11) is 1.72. The average Bonchev–Trinajstić information content (AvgIpc) is 2.64. The van der Waals surface area contributed by atoms with Crippen LogP contribution < -0.4 is 10.9 Å². The number of benzene rings is 2. The van der Waals surface area contributed by atoms with Crippen molar-refractivity contribution < 1.29 is 4.39 Å². The van der Waals surface area contributed by atoms with Crippen LogP contribution >= 0.6 is 11.8 Å². The first-order chi connectivity index (χ1) is 12.6. The van der Waals surface area contributed by atoms with E-state index in [1.165, 1.54) is 24.0 Å². The van der Waals surface area contributed by atoms with Gasteiger partial charge in [-0.05, 0) is 36.5 Å². The number of halogens is 1. The van der Waals surface area contributed by atoms with E-state index >= 15 is 0 Å². The molecule has 0 amide bonds. The molecule has 0 saturated carbocycles. The summed E-state index contributed by atoms with van der Waals surface area (Å²) in [6.45, 7) is 0.0229. The van der Waals surface area contributed by atoms with Crippen LogP contribution in [0.2, 0.25) is 0 Å². The van der Waals surface area contributed by atoms with Gasteiger partial charge in [0.1, 0.15) is 5.82 Å². The Morgan fingerprint density at radius 2 is 2.12 bits per heavy atom. The Kier molecular flexibility index (Phi) is 5.48. The summed E-state index contributed by atoms with van der Waals surface area (Å²) in [5.41, 5.74) is -0.203. The third kappa shape index (κ3) is 4.00. The molecule has 2 aromatic carbocycles. The van der Waals surface area contributed by atoms with Crippen molar-refractivity contribution in [2.75, 3.05) is 7.05 Å². The molecule has 0 unspecified atom stereocenters. The predicted octanol–water partition coefficient (Wildman–Crippen LogP) is 3.44. The number of fused-ring (bicyclic) bond motifs is 1. The highest BCUT2D eigenvalue weighted by molar-refractivity contribution is 7.99. The molecule has 1 heterocycles. The second-order valence-electron chi connectivity index (χ2n) is 5.54. The van der Waals surface area contributed by atoms with Gasteiger partial charge in [-0.2, -0.15) is 5.10 Å². The van der Waals surface area contributed by atoms with E-state index in [4.69, 9.17) is 5.41 Å². The van der Waals surface area contributed by atoms with Crippen molar-refractivity contribution in [1.82, 2.24) is 15.1 Å². The lowest BCUT2D eigenvalue weighted by atomic mass is 10.2. The van der Waals surface area contributed by atoms with Crippen LogP contribution in [0.3, 0.4) is 0 Å². The Hall–Kier alpha value is -2.93. The highest BCUT2D eigenvalue weighted by Crippen LogP contribution is 2.31. The third-order valence-electron chi connectivity index (χ3n) is 3.65. The molecule has 132 valence electrons. The molecule has 0 aliphatic carbocycles. The van der Waals surface area contributed by atoms with Gasteiger partial charge in [-0.1, -0.05) is 30.0 Å². The minimum absolute atomic E-state index is 0.0229. The normalized spacial score (nSPS) is 11.2. The highest BCUT2D eigenvalue weighted by atomic mass is 32.2. The zero-order valence-corrected chi connectivity index (χ0v) is 14.9. The van der Waals surface area contributed by atoms with Gasteiger partial charge < -0.3 is 10.7 Å². The largest absolute Gasteiger partial charge is 0.394 e. The molecule has 0 fully saturated rings. The lowest BCUT2D eigenvalue weighted by Gasteiger charge is -2.08. The molecular weight excluding hydrogens is 351 g/mol. The van der Waals surface area contributed by atoms with Crippen LogP contribution in [0.4, 0.5) is 4.39 Å². The lowest BCUT2D eigenvalue weighted by Crippen LogP contribution is -2.26. The number of hydrogen-bond donors (Lipinski definition) is 2. The topological polar surface area (TPSA) is 70.8 Å². The first kappa shape index (κ1) is 17.9. The van der Waals surface area contributed by atoms with Crippen molar-refractivity contribution in [1.29, 1.82) is 5.41 Å². The first-order valence-corrected chi connectivity index (χ1v) is 8.73. The maximum Gasteiger partial charge on any atom is 0.275 e. The molecule has 26 heavy (non-hydrogen) atoms. The van der Waals surface area contributed by atoms with Crippen molar-refractivity contribution in [2.24, 2.45) is 0 Å². The molecule has 0 bridgehead atoms. The highest BCUT2D eigenvalue weighted by Gasteiger charge is 2.11. The van der Waals surface area contributed by atoms with Gasteiger partial charge in [0.05, 0.1) is 23.8 Å². The summed E-state index contributed by atoms with van der Waals surface area (Å²) in [5.74, 6) is -0.452. The zero-order valence-electron chi connectivity index (χ0n) is 14.1. The van der Waals surface area contributed by atoms with Crippen molar-refractivity contribution in [3.05, 3.63) is 77.1 Å². The predicted molar refractivity (Wildman–Crippen MR) is 102 cm³/mol. The van der Waals surface area contributed by atoms with Gasteiger partial charge >= 0.3 is 0 Å². The van der Waals surface area contributed by atoms with E-state index in [1.807, 2.05) is 30.3 Å². The molecule has 3 aromatic rings.